The molecule has 0 aliphatic carbocycles. The first-order chi connectivity index (χ1) is 4.31. The highest BCUT2D eigenvalue weighted by Gasteiger charge is 1.94. The number of hydrogen-bond donors (Lipinski definition) is 0. The maximum absolute atomic E-state index is 11.1. The largest absolute Gasteiger partial charge is 0.469 e. The topological polar surface area (TPSA) is 26.3 Å². The van der Waals surface area contributed by atoms with Crippen LogP contribution < -0.4 is 0 Å². The van der Waals surface area contributed by atoms with Crippen LogP contribution in [0.3, 0.4) is 0 Å². The summed E-state index contributed by atoms with van der Waals surface area (Å²) in [5, 5.41) is 0. The molecule has 0 saturated heterocycles. The molecular weight excluding hydrogens is 123 g/mol. The molecule has 0 N–H and O–H groups in total. The number of alkyl halides is 1. The van der Waals surface area contributed by atoms with E-state index in [1.165, 1.54) is 7.11 Å². The molecule has 0 aromatic carbocycles. The van der Waals surface area contributed by atoms with E-state index in [4.69, 9.17) is 0 Å². The van der Waals surface area contributed by atoms with E-state index in [1.807, 2.05) is 13.8 Å². The van der Waals surface area contributed by atoms with Crippen LogP contribution in [0, 0.1) is 0 Å². The number of esters is 1. The molecule has 0 unspecified atom stereocenters. The molecule has 0 spiro atoms. The fourth-order valence-electron chi connectivity index (χ4n) is 0.179. The van der Waals surface area contributed by atoms with Crippen molar-refractivity contribution in [3.8, 4) is 0 Å². The summed E-state index contributed by atoms with van der Waals surface area (Å²) in [6.07, 6.45) is -0.128. The summed E-state index contributed by atoms with van der Waals surface area (Å²) in [6.45, 7) is 3.37. The molecule has 56 valence electrons. The maximum atomic E-state index is 11.1. The van der Waals surface area contributed by atoms with Crippen molar-refractivity contribution in [3.05, 3.63) is 0 Å². The molecule has 0 aromatic rings. The first-order valence-electron chi connectivity index (χ1n) is 2.94. The number of ether oxygens (including phenoxy) is 1. The van der Waals surface area contributed by atoms with Crippen molar-refractivity contribution in [2.75, 3.05) is 13.8 Å². The number of carbonyl (C=O) groups excluding carboxylic acids is 1. The average Bonchev–Trinajstić information content (AvgIpc) is 1.93. The van der Waals surface area contributed by atoms with E-state index in [9.17, 15) is 9.18 Å². The molecule has 0 aromatic heterocycles. The lowest BCUT2D eigenvalue weighted by molar-refractivity contribution is -0.140. The van der Waals surface area contributed by atoms with Gasteiger partial charge in [-0.3, -0.25) is 9.18 Å². The Kier molecular flexibility index (Phi) is 13.0. The van der Waals surface area contributed by atoms with E-state index in [1.54, 1.807) is 0 Å². The second kappa shape index (κ2) is 10.4. The Balaban J connectivity index is 0. The van der Waals surface area contributed by atoms with Gasteiger partial charge in [-0.15, -0.1) is 0 Å². The van der Waals surface area contributed by atoms with Crippen LogP contribution in [0.4, 0.5) is 4.39 Å². The molecule has 0 radical (unpaired) electrons. The smallest absolute Gasteiger partial charge is 0.308 e. The van der Waals surface area contributed by atoms with Gasteiger partial charge in [0.1, 0.15) is 0 Å². The Hall–Kier alpha value is -0.600. The summed E-state index contributed by atoms with van der Waals surface area (Å²) in [7, 11) is 1.23. The van der Waals surface area contributed by atoms with Gasteiger partial charge in [0.05, 0.1) is 20.2 Å². The number of rotatable bonds is 2. The summed E-state index contributed by atoms with van der Waals surface area (Å²) in [6, 6.07) is 0. The molecule has 0 bridgehead atoms. The first-order valence-corrected chi connectivity index (χ1v) is 2.94. The van der Waals surface area contributed by atoms with Crippen LogP contribution in [0.1, 0.15) is 20.3 Å². The maximum Gasteiger partial charge on any atom is 0.308 e. The van der Waals surface area contributed by atoms with Crippen LogP contribution >= 0.6 is 0 Å². The fourth-order valence-corrected chi connectivity index (χ4v) is 0.179. The Morgan fingerprint density at radius 1 is 1.56 bits per heavy atom. The predicted octanol–water partition coefficient (Wildman–Crippen LogP) is 1.55. The SMILES string of the molecule is CC.COC(=O)CCF. The van der Waals surface area contributed by atoms with Crippen molar-refractivity contribution in [3.63, 3.8) is 0 Å². The monoisotopic (exact) mass is 136 g/mol. The van der Waals surface area contributed by atoms with Crippen LogP contribution in [0.25, 0.3) is 0 Å². The fraction of sp³-hybridized carbons (Fsp3) is 0.833. The van der Waals surface area contributed by atoms with Gasteiger partial charge in [-0.25, -0.2) is 0 Å². The molecule has 0 aliphatic rings. The van der Waals surface area contributed by atoms with Gasteiger partial charge in [0.15, 0.2) is 0 Å². The van der Waals surface area contributed by atoms with Crippen molar-refractivity contribution >= 4 is 5.97 Å². The quantitative estimate of drug-likeness (QED) is 0.538. The van der Waals surface area contributed by atoms with Gasteiger partial charge in [0.2, 0.25) is 0 Å². The van der Waals surface area contributed by atoms with E-state index >= 15 is 0 Å². The Bertz CT molecular complexity index is 64.1. The second-order valence-corrected chi connectivity index (χ2v) is 1.02. The highest BCUT2D eigenvalue weighted by molar-refractivity contribution is 5.69. The number of carbonyl (C=O) groups is 1. The average molecular weight is 136 g/mol. The van der Waals surface area contributed by atoms with Gasteiger partial charge in [-0.1, -0.05) is 13.8 Å². The Morgan fingerprint density at radius 3 is 2.11 bits per heavy atom. The highest BCUT2D eigenvalue weighted by Crippen LogP contribution is 1.82. The lowest BCUT2D eigenvalue weighted by Gasteiger charge is -1.89. The third-order valence-electron chi connectivity index (χ3n) is 0.526. The third-order valence-corrected chi connectivity index (χ3v) is 0.526. The lowest BCUT2D eigenvalue weighted by Crippen LogP contribution is -1.99. The molecule has 0 amide bonds. The van der Waals surface area contributed by atoms with Gasteiger partial charge in [-0.2, -0.15) is 0 Å². The Morgan fingerprint density at radius 2 is 2.00 bits per heavy atom. The van der Waals surface area contributed by atoms with Gasteiger partial charge in [0, 0.05) is 0 Å². The number of hydrogen-bond acceptors (Lipinski definition) is 2. The molecule has 0 fully saturated rings. The minimum absolute atomic E-state index is 0.128. The minimum Gasteiger partial charge on any atom is -0.469 e. The first kappa shape index (κ1) is 11.2. The predicted molar refractivity (Wildman–Crippen MR) is 34.0 cm³/mol. The molecule has 3 heteroatoms. The zero-order chi connectivity index (χ0) is 7.70. The van der Waals surface area contributed by atoms with Gasteiger partial charge >= 0.3 is 5.97 Å². The van der Waals surface area contributed by atoms with E-state index in [2.05, 4.69) is 4.74 Å². The van der Waals surface area contributed by atoms with Crippen molar-refractivity contribution in [1.82, 2.24) is 0 Å². The summed E-state index contributed by atoms with van der Waals surface area (Å²) in [5.41, 5.74) is 0. The lowest BCUT2D eigenvalue weighted by atomic mass is 10.5. The van der Waals surface area contributed by atoms with Crippen molar-refractivity contribution in [1.29, 1.82) is 0 Å². The van der Waals surface area contributed by atoms with Crippen LogP contribution in [0.5, 0.6) is 0 Å². The zero-order valence-corrected chi connectivity index (χ0v) is 6.11. The molecular formula is C6H13FO2. The van der Waals surface area contributed by atoms with Crippen molar-refractivity contribution < 1.29 is 13.9 Å². The summed E-state index contributed by atoms with van der Waals surface area (Å²) in [4.78, 5) is 9.95. The van der Waals surface area contributed by atoms with Crippen LogP contribution in [0.2, 0.25) is 0 Å². The van der Waals surface area contributed by atoms with Crippen molar-refractivity contribution in [2.24, 2.45) is 0 Å². The summed E-state index contributed by atoms with van der Waals surface area (Å²) in [5.74, 6) is -0.498. The zero-order valence-electron chi connectivity index (χ0n) is 6.11. The molecule has 0 heterocycles. The minimum atomic E-state index is -0.632. The van der Waals surface area contributed by atoms with Crippen LogP contribution in [-0.4, -0.2) is 19.8 Å². The van der Waals surface area contributed by atoms with Crippen LogP contribution in [-0.2, 0) is 9.53 Å². The standard InChI is InChI=1S/C4H7FO2.C2H6/c1-7-4(6)2-3-5;1-2/h2-3H2,1H3;1-2H3. The van der Waals surface area contributed by atoms with E-state index < -0.39 is 12.6 Å². The molecule has 0 aliphatic heterocycles. The summed E-state index contributed by atoms with van der Waals surface area (Å²) < 4.78 is 15.2. The van der Waals surface area contributed by atoms with E-state index in [0.717, 1.165) is 0 Å². The van der Waals surface area contributed by atoms with Crippen LogP contribution in [0.15, 0.2) is 0 Å². The molecule has 0 saturated carbocycles. The molecule has 2 nitrogen and oxygen atoms in total. The van der Waals surface area contributed by atoms with E-state index in [-0.39, 0.29) is 6.42 Å². The van der Waals surface area contributed by atoms with E-state index in [0.29, 0.717) is 0 Å². The normalized spacial score (nSPS) is 7.11. The number of halogens is 1. The number of methoxy groups -OCH3 is 1. The molecule has 0 atom stereocenters. The Labute approximate surface area is 55.0 Å². The highest BCUT2D eigenvalue weighted by atomic mass is 19.1. The van der Waals surface area contributed by atoms with Gasteiger partial charge in [-0.05, 0) is 0 Å². The molecule has 9 heavy (non-hydrogen) atoms. The van der Waals surface area contributed by atoms with Gasteiger partial charge < -0.3 is 4.74 Å². The molecule has 0 rings (SSSR count). The third kappa shape index (κ3) is 11.1. The van der Waals surface area contributed by atoms with Gasteiger partial charge in [0.25, 0.3) is 0 Å². The second-order valence-electron chi connectivity index (χ2n) is 1.02. The van der Waals surface area contributed by atoms with Crippen molar-refractivity contribution in [2.45, 2.75) is 20.3 Å². The summed E-state index contributed by atoms with van der Waals surface area (Å²) >= 11 is 0.